The fourth-order valence-corrected chi connectivity index (χ4v) is 1.76. The van der Waals surface area contributed by atoms with Crippen LogP contribution in [0.5, 0.6) is 5.75 Å². The molecule has 0 aliphatic carbocycles. The molecule has 0 radical (unpaired) electrons. The number of carbonyl (C=O) groups is 1. The molecule has 0 spiro atoms. The average Bonchev–Trinajstić information content (AvgIpc) is 2.52. The van der Waals surface area contributed by atoms with Gasteiger partial charge in [-0.2, -0.15) is 5.26 Å². The van der Waals surface area contributed by atoms with Crippen molar-refractivity contribution in [3.05, 3.63) is 71.3 Å². The van der Waals surface area contributed by atoms with Crippen LogP contribution in [0.2, 0.25) is 0 Å². The Morgan fingerprint density at radius 2 is 1.95 bits per heavy atom. The Kier molecular flexibility index (Phi) is 4.73. The first kappa shape index (κ1) is 14.4. The Labute approximate surface area is 123 Å². The maximum atomic E-state index is 11.0. The summed E-state index contributed by atoms with van der Waals surface area (Å²) in [4.78, 5) is 11.0. The van der Waals surface area contributed by atoms with E-state index in [1.54, 1.807) is 24.3 Å². The number of rotatable bonds is 5. The Morgan fingerprint density at radius 1 is 1.19 bits per heavy atom. The van der Waals surface area contributed by atoms with Crippen LogP contribution in [-0.2, 0) is 11.4 Å². The molecule has 4 heteroatoms. The van der Waals surface area contributed by atoms with Crippen molar-refractivity contribution in [2.75, 3.05) is 0 Å². The highest BCUT2D eigenvalue weighted by Crippen LogP contribution is 2.17. The molecule has 2 rings (SSSR count). The van der Waals surface area contributed by atoms with E-state index in [2.05, 4.69) is 0 Å². The van der Waals surface area contributed by atoms with E-state index in [1.165, 1.54) is 6.08 Å². The van der Waals surface area contributed by atoms with Crippen LogP contribution >= 0.6 is 0 Å². The number of carbonyl (C=O) groups excluding carboxylic acids is 1. The molecule has 4 nitrogen and oxygen atoms in total. The van der Waals surface area contributed by atoms with Gasteiger partial charge in [0.1, 0.15) is 24.0 Å². The number of nitriles is 1. The first-order valence-corrected chi connectivity index (χ1v) is 6.37. The molecule has 0 fully saturated rings. The van der Waals surface area contributed by atoms with Gasteiger partial charge in [-0.25, -0.2) is 0 Å². The second-order valence-corrected chi connectivity index (χ2v) is 4.38. The molecule has 0 aliphatic heterocycles. The van der Waals surface area contributed by atoms with Crippen molar-refractivity contribution < 1.29 is 9.53 Å². The Morgan fingerprint density at radius 3 is 2.62 bits per heavy atom. The highest BCUT2D eigenvalue weighted by Gasteiger charge is 2.04. The molecular weight excluding hydrogens is 264 g/mol. The molecule has 0 bridgehead atoms. The number of hydrogen-bond donors (Lipinski definition) is 1. The number of hydrogen-bond acceptors (Lipinski definition) is 3. The van der Waals surface area contributed by atoms with Crippen molar-refractivity contribution in [3.63, 3.8) is 0 Å². The van der Waals surface area contributed by atoms with E-state index in [0.717, 1.165) is 5.56 Å². The Balaban J connectivity index is 2.11. The van der Waals surface area contributed by atoms with Crippen molar-refractivity contribution in [1.82, 2.24) is 0 Å². The van der Waals surface area contributed by atoms with Gasteiger partial charge in [-0.3, -0.25) is 4.79 Å². The van der Waals surface area contributed by atoms with Crippen LogP contribution in [0.25, 0.3) is 6.08 Å². The van der Waals surface area contributed by atoms with Crippen LogP contribution in [0, 0.1) is 11.3 Å². The minimum absolute atomic E-state index is 0.0878. The summed E-state index contributed by atoms with van der Waals surface area (Å²) in [7, 11) is 0. The van der Waals surface area contributed by atoms with Crippen LogP contribution in [0.3, 0.4) is 0 Å². The zero-order valence-corrected chi connectivity index (χ0v) is 11.3. The lowest BCUT2D eigenvalue weighted by Crippen LogP contribution is -2.12. The molecule has 2 N–H and O–H groups in total. The second kappa shape index (κ2) is 6.92. The first-order chi connectivity index (χ1) is 10.2. The lowest BCUT2D eigenvalue weighted by Gasteiger charge is -2.07. The largest absolute Gasteiger partial charge is 0.489 e. The molecule has 2 aromatic carbocycles. The van der Waals surface area contributed by atoms with Crippen LogP contribution in [0.1, 0.15) is 11.1 Å². The highest BCUT2D eigenvalue weighted by atomic mass is 16.5. The SMILES string of the molecule is N#C/C(=C\c1cccc(OCc2ccccc2)c1)C(N)=O. The zero-order chi connectivity index (χ0) is 15.1. The van der Waals surface area contributed by atoms with Crippen LogP contribution in [0.15, 0.2) is 60.2 Å². The Bertz CT molecular complexity index is 700. The van der Waals surface area contributed by atoms with E-state index >= 15 is 0 Å². The normalized spacial score (nSPS) is 10.7. The van der Waals surface area contributed by atoms with Gasteiger partial charge >= 0.3 is 0 Å². The van der Waals surface area contributed by atoms with Crippen LogP contribution in [0.4, 0.5) is 0 Å². The van der Waals surface area contributed by atoms with Gasteiger partial charge < -0.3 is 10.5 Å². The van der Waals surface area contributed by atoms with Gasteiger partial charge in [-0.15, -0.1) is 0 Å². The van der Waals surface area contributed by atoms with Gasteiger partial charge in [-0.05, 0) is 29.3 Å². The maximum Gasteiger partial charge on any atom is 0.259 e. The van der Waals surface area contributed by atoms with Crippen molar-refractivity contribution in [3.8, 4) is 11.8 Å². The summed E-state index contributed by atoms with van der Waals surface area (Å²) >= 11 is 0. The van der Waals surface area contributed by atoms with Crippen molar-refractivity contribution in [1.29, 1.82) is 5.26 Å². The van der Waals surface area contributed by atoms with E-state index in [4.69, 9.17) is 15.7 Å². The second-order valence-electron chi connectivity index (χ2n) is 4.38. The number of nitrogens with two attached hydrogens (primary N) is 1. The molecule has 0 heterocycles. The van der Waals surface area contributed by atoms with Crippen molar-refractivity contribution in [2.24, 2.45) is 5.73 Å². The molecule has 2 aromatic rings. The van der Waals surface area contributed by atoms with Gasteiger partial charge in [0.15, 0.2) is 0 Å². The summed E-state index contributed by atoms with van der Waals surface area (Å²) in [5.74, 6) is -0.0810. The number of nitrogens with zero attached hydrogens (tertiary/aromatic N) is 1. The summed E-state index contributed by atoms with van der Waals surface area (Å²) < 4.78 is 5.68. The standard InChI is InChI=1S/C17H14N2O2/c18-11-15(17(19)20)9-14-7-4-8-16(10-14)21-12-13-5-2-1-3-6-13/h1-10H,12H2,(H2,19,20)/b15-9+. The van der Waals surface area contributed by atoms with Crippen molar-refractivity contribution >= 4 is 12.0 Å². The third kappa shape index (κ3) is 4.22. The highest BCUT2D eigenvalue weighted by molar-refractivity contribution is 6.00. The molecule has 0 saturated carbocycles. The number of benzene rings is 2. The summed E-state index contributed by atoms with van der Waals surface area (Å²) in [5.41, 5.74) is 6.77. The minimum Gasteiger partial charge on any atom is -0.489 e. The molecule has 0 unspecified atom stereocenters. The van der Waals surface area contributed by atoms with E-state index in [1.807, 2.05) is 36.4 Å². The summed E-state index contributed by atoms with van der Waals surface area (Å²) in [6.45, 7) is 0.453. The number of primary amides is 1. The van der Waals surface area contributed by atoms with Gasteiger partial charge in [0.05, 0.1) is 0 Å². The minimum atomic E-state index is -0.742. The summed E-state index contributed by atoms with van der Waals surface area (Å²) in [5, 5.41) is 8.83. The maximum absolute atomic E-state index is 11.0. The predicted molar refractivity (Wildman–Crippen MR) is 80.0 cm³/mol. The van der Waals surface area contributed by atoms with Gasteiger partial charge in [0, 0.05) is 0 Å². The zero-order valence-electron chi connectivity index (χ0n) is 11.3. The van der Waals surface area contributed by atoms with Crippen LogP contribution in [-0.4, -0.2) is 5.91 Å². The van der Waals surface area contributed by atoms with E-state index in [9.17, 15) is 4.79 Å². The molecule has 104 valence electrons. The Hall–Kier alpha value is -3.06. The summed E-state index contributed by atoms with van der Waals surface area (Å²) in [6, 6.07) is 18.7. The molecule has 1 amide bonds. The summed E-state index contributed by atoms with van der Waals surface area (Å²) in [6.07, 6.45) is 1.44. The fraction of sp³-hybridized carbons (Fsp3) is 0.0588. The quantitative estimate of drug-likeness (QED) is 0.674. The van der Waals surface area contributed by atoms with Gasteiger partial charge in [-0.1, -0.05) is 42.5 Å². The lowest BCUT2D eigenvalue weighted by atomic mass is 10.1. The third-order valence-electron chi connectivity index (χ3n) is 2.80. The monoisotopic (exact) mass is 278 g/mol. The number of ether oxygens (including phenoxy) is 1. The first-order valence-electron chi connectivity index (χ1n) is 6.37. The molecule has 0 atom stereocenters. The molecule has 0 saturated heterocycles. The molecule has 21 heavy (non-hydrogen) atoms. The smallest absolute Gasteiger partial charge is 0.259 e. The van der Waals surface area contributed by atoms with Crippen molar-refractivity contribution in [2.45, 2.75) is 6.61 Å². The fourth-order valence-electron chi connectivity index (χ4n) is 1.76. The van der Waals surface area contributed by atoms with E-state index < -0.39 is 5.91 Å². The predicted octanol–water partition coefficient (Wildman–Crippen LogP) is 2.66. The van der Waals surface area contributed by atoms with Gasteiger partial charge in [0.2, 0.25) is 0 Å². The average molecular weight is 278 g/mol. The third-order valence-corrected chi connectivity index (χ3v) is 2.80. The lowest BCUT2D eigenvalue weighted by molar-refractivity contribution is -0.114. The van der Waals surface area contributed by atoms with E-state index in [0.29, 0.717) is 17.9 Å². The number of amides is 1. The van der Waals surface area contributed by atoms with E-state index in [-0.39, 0.29) is 5.57 Å². The molecular formula is C17H14N2O2. The van der Waals surface area contributed by atoms with Crippen LogP contribution < -0.4 is 10.5 Å². The topological polar surface area (TPSA) is 76.1 Å². The molecule has 0 aliphatic rings. The van der Waals surface area contributed by atoms with Gasteiger partial charge in [0.25, 0.3) is 5.91 Å². The molecule has 0 aromatic heterocycles.